The van der Waals surface area contributed by atoms with E-state index in [1.807, 2.05) is 6.26 Å². The number of esters is 1. The van der Waals surface area contributed by atoms with Crippen molar-refractivity contribution in [3.05, 3.63) is 23.0 Å². The van der Waals surface area contributed by atoms with E-state index in [1.54, 1.807) is 12.1 Å². The molecule has 3 nitrogen and oxygen atoms in total. The van der Waals surface area contributed by atoms with Gasteiger partial charge in [-0.3, -0.25) is 0 Å². The van der Waals surface area contributed by atoms with Gasteiger partial charge < -0.3 is 4.74 Å². The fraction of sp³-hybridized carbons (Fsp3) is 0.250. The maximum absolute atomic E-state index is 11.2. The van der Waals surface area contributed by atoms with Crippen LogP contribution in [0.3, 0.4) is 0 Å². The van der Waals surface area contributed by atoms with Crippen LogP contribution in [0.2, 0.25) is 5.15 Å². The van der Waals surface area contributed by atoms with Gasteiger partial charge in [-0.2, -0.15) is 0 Å². The second-order valence-corrected chi connectivity index (χ2v) is 3.41. The molecule has 0 aliphatic heterocycles. The fourth-order valence-corrected chi connectivity index (χ4v) is 1.50. The van der Waals surface area contributed by atoms with Gasteiger partial charge in [-0.05, 0) is 18.4 Å². The monoisotopic (exact) mass is 217 g/mol. The minimum absolute atomic E-state index is 0.266. The first kappa shape index (κ1) is 10.3. The van der Waals surface area contributed by atoms with Gasteiger partial charge in [0, 0.05) is 4.90 Å². The molecule has 0 saturated heterocycles. The van der Waals surface area contributed by atoms with E-state index in [9.17, 15) is 4.79 Å². The summed E-state index contributed by atoms with van der Waals surface area (Å²) in [5.74, 6) is -0.466. The number of carbonyl (C=O) groups is 1. The Morgan fingerprint density at radius 2 is 2.31 bits per heavy atom. The summed E-state index contributed by atoms with van der Waals surface area (Å²) >= 11 is 7.07. The van der Waals surface area contributed by atoms with E-state index in [0.717, 1.165) is 4.90 Å². The Kier molecular flexibility index (Phi) is 3.57. The van der Waals surface area contributed by atoms with Gasteiger partial charge in [-0.25, -0.2) is 9.78 Å². The molecule has 0 N–H and O–H groups in total. The van der Waals surface area contributed by atoms with Crippen molar-refractivity contribution in [1.82, 2.24) is 4.98 Å². The van der Waals surface area contributed by atoms with E-state index >= 15 is 0 Å². The number of aromatic nitrogens is 1. The molecule has 0 saturated carbocycles. The Labute approximate surface area is 85.4 Å². The van der Waals surface area contributed by atoms with E-state index in [4.69, 9.17) is 11.6 Å². The van der Waals surface area contributed by atoms with Crippen molar-refractivity contribution in [2.45, 2.75) is 4.90 Å². The van der Waals surface area contributed by atoms with Crippen LogP contribution in [0.25, 0.3) is 0 Å². The number of carbonyl (C=O) groups excluding carboxylic acids is 1. The van der Waals surface area contributed by atoms with Crippen LogP contribution < -0.4 is 0 Å². The summed E-state index contributed by atoms with van der Waals surface area (Å²) in [7, 11) is 1.31. The molecule has 0 atom stereocenters. The summed E-state index contributed by atoms with van der Waals surface area (Å²) < 4.78 is 4.56. The Balaban J connectivity index is 3.15. The molecule has 0 unspecified atom stereocenters. The standard InChI is InChI=1S/C8H8ClNO2S/c1-12-8(11)7-5(13-2)3-4-6(9)10-7/h3-4H,1-2H3. The average molecular weight is 218 g/mol. The van der Waals surface area contributed by atoms with Gasteiger partial charge >= 0.3 is 5.97 Å². The third-order valence-corrected chi connectivity index (χ3v) is 2.40. The van der Waals surface area contributed by atoms with Crippen LogP contribution in [-0.2, 0) is 4.74 Å². The van der Waals surface area contributed by atoms with E-state index in [0.29, 0.717) is 5.15 Å². The normalized spacial score (nSPS) is 9.77. The quantitative estimate of drug-likeness (QED) is 0.433. The summed E-state index contributed by atoms with van der Waals surface area (Å²) in [5.41, 5.74) is 0.266. The molecule has 5 heteroatoms. The number of halogens is 1. The van der Waals surface area contributed by atoms with Crippen molar-refractivity contribution in [2.24, 2.45) is 0 Å². The zero-order valence-corrected chi connectivity index (χ0v) is 8.78. The molecular weight excluding hydrogens is 210 g/mol. The third-order valence-electron chi connectivity index (χ3n) is 1.42. The predicted molar refractivity (Wildman–Crippen MR) is 52.4 cm³/mol. The molecule has 0 aliphatic rings. The second-order valence-electron chi connectivity index (χ2n) is 2.18. The lowest BCUT2D eigenvalue weighted by Crippen LogP contribution is -2.06. The molecule has 1 rings (SSSR count). The SMILES string of the molecule is COC(=O)c1nc(Cl)ccc1SC. The number of pyridine rings is 1. The highest BCUT2D eigenvalue weighted by molar-refractivity contribution is 7.98. The predicted octanol–water partition coefficient (Wildman–Crippen LogP) is 2.24. The van der Waals surface area contributed by atoms with Crippen LogP contribution in [0.5, 0.6) is 0 Å². The highest BCUT2D eigenvalue weighted by Crippen LogP contribution is 2.21. The van der Waals surface area contributed by atoms with Crippen molar-refractivity contribution in [2.75, 3.05) is 13.4 Å². The molecular formula is C8H8ClNO2S. The lowest BCUT2D eigenvalue weighted by Gasteiger charge is -2.03. The highest BCUT2D eigenvalue weighted by atomic mass is 35.5. The van der Waals surface area contributed by atoms with Gasteiger partial charge in [0.2, 0.25) is 0 Å². The highest BCUT2D eigenvalue weighted by Gasteiger charge is 2.13. The number of rotatable bonds is 2. The number of hydrogen-bond acceptors (Lipinski definition) is 4. The first-order valence-electron chi connectivity index (χ1n) is 3.48. The molecule has 0 amide bonds. The summed E-state index contributed by atoms with van der Waals surface area (Å²) in [6, 6.07) is 3.38. The molecule has 0 bridgehead atoms. The summed E-state index contributed by atoms with van der Waals surface area (Å²) in [5, 5.41) is 0.290. The van der Waals surface area contributed by atoms with Crippen LogP contribution in [0.1, 0.15) is 10.5 Å². The van der Waals surface area contributed by atoms with Gasteiger partial charge in [-0.1, -0.05) is 11.6 Å². The van der Waals surface area contributed by atoms with Crippen molar-refractivity contribution < 1.29 is 9.53 Å². The molecule has 13 heavy (non-hydrogen) atoms. The van der Waals surface area contributed by atoms with E-state index in [2.05, 4.69) is 9.72 Å². The fourth-order valence-electron chi connectivity index (χ4n) is 0.830. The number of nitrogens with zero attached hydrogens (tertiary/aromatic N) is 1. The van der Waals surface area contributed by atoms with Crippen LogP contribution in [-0.4, -0.2) is 24.3 Å². The Morgan fingerprint density at radius 1 is 1.62 bits per heavy atom. The molecule has 70 valence electrons. The number of ether oxygens (including phenoxy) is 1. The van der Waals surface area contributed by atoms with Gasteiger partial charge in [0.25, 0.3) is 0 Å². The average Bonchev–Trinajstić information content (AvgIpc) is 2.16. The minimum Gasteiger partial charge on any atom is -0.464 e. The number of thioether (sulfide) groups is 1. The summed E-state index contributed by atoms with van der Waals surface area (Å²) in [6.07, 6.45) is 1.86. The molecule has 1 aromatic heterocycles. The van der Waals surface area contributed by atoms with Crippen molar-refractivity contribution in [1.29, 1.82) is 0 Å². The van der Waals surface area contributed by atoms with Gasteiger partial charge in [0.1, 0.15) is 5.15 Å². The lowest BCUT2D eigenvalue weighted by atomic mass is 10.3. The van der Waals surface area contributed by atoms with Crippen molar-refractivity contribution >= 4 is 29.3 Å². The van der Waals surface area contributed by atoms with Crippen molar-refractivity contribution in [3.8, 4) is 0 Å². The summed E-state index contributed by atoms with van der Waals surface area (Å²) in [6.45, 7) is 0. The lowest BCUT2D eigenvalue weighted by molar-refractivity contribution is 0.0589. The summed E-state index contributed by atoms with van der Waals surface area (Å²) in [4.78, 5) is 15.8. The van der Waals surface area contributed by atoms with Gasteiger partial charge in [0.05, 0.1) is 7.11 Å². The smallest absolute Gasteiger partial charge is 0.357 e. The molecule has 0 radical (unpaired) electrons. The van der Waals surface area contributed by atoms with E-state index in [-0.39, 0.29) is 5.69 Å². The molecule has 0 spiro atoms. The molecule has 0 aromatic carbocycles. The minimum atomic E-state index is -0.466. The maximum Gasteiger partial charge on any atom is 0.357 e. The Bertz CT molecular complexity index is 330. The zero-order chi connectivity index (χ0) is 9.84. The van der Waals surface area contributed by atoms with Crippen LogP contribution in [0.4, 0.5) is 0 Å². The Morgan fingerprint density at radius 3 is 2.85 bits per heavy atom. The molecule has 0 fully saturated rings. The number of methoxy groups -OCH3 is 1. The first-order valence-corrected chi connectivity index (χ1v) is 5.08. The van der Waals surface area contributed by atoms with E-state index < -0.39 is 5.97 Å². The second kappa shape index (κ2) is 4.48. The van der Waals surface area contributed by atoms with Gasteiger partial charge in [-0.15, -0.1) is 11.8 Å². The first-order chi connectivity index (χ1) is 6.19. The topological polar surface area (TPSA) is 39.2 Å². The zero-order valence-electron chi connectivity index (χ0n) is 7.20. The third kappa shape index (κ3) is 2.35. The largest absolute Gasteiger partial charge is 0.464 e. The molecule has 0 aliphatic carbocycles. The number of hydrogen-bond donors (Lipinski definition) is 0. The molecule has 1 aromatic rings. The van der Waals surface area contributed by atoms with Gasteiger partial charge in [0.15, 0.2) is 5.69 Å². The van der Waals surface area contributed by atoms with Crippen LogP contribution in [0, 0.1) is 0 Å². The maximum atomic E-state index is 11.2. The molecule has 1 heterocycles. The van der Waals surface area contributed by atoms with Crippen molar-refractivity contribution in [3.63, 3.8) is 0 Å². The van der Waals surface area contributed by atoms with E-state index in [1.165, 1.54) is 18.9 Å². The Hall–Kier alpha value is -0.740. The van der Waals surface area contributed by atoms with Crippen LogP contribution in [0.15, 0.2) is 17.0 Å². The van der Waals surface area contributed by atoms with Crippen LogP contribution >= 0.6 is 23.4 Å².